The molecule has 0 aliphatic heterocycles. The van der Waals surface area contributed by atoms with Gasteiger partial charge in [0.2, 0.25) is 0 Å². The van der Waals surface area contributed by atoms with Crippen molar-refractivity contribution in [2.45, 2.75) is 6.54 Å². The summed E-state index contributed by atoms with van der Waals surface area (Å²) in [7, 11) is 6.24. The van der Waals surface area contributed by atoms with Crippen molar-refractivity contribution < 1.29 is 0 Å². The molecule has 0 atom stereocenters. The fourth-order valence-corrected chi connectivity index (χ4v) is 2.16. The van der Waals surface area contributed by atoms with Crippen LogP contribution in [0, 0.1) is 0 Å². The molecule has 4 nitrogen and oxygen atoms in total. The van der Waals surface area contributed by atoms with Gasteiger partial charge in [-0.25, -0.2) is 4.98 Å². The van der Waals surface area contributed by atoms with Crippen LogP contribution >= 0.6 is 0 Å². The minimum absolute atomic E-state index is 0.523. The Labute approximate surface area is 114 Å². The van der Waals surface area contributed by atoms with Gasteiger partial charge in [0.15, 0.2) is 0 Å². The van der Waals surface area contributed by atoms with Crippen molar-refractivity contribution >= 4 is 16.6 Å². The van der Waals surface area contributed by atoms with Crippen LogP contribution in [-0.2, 0) is 6.54 Å². The van der Waals surface area contributed by atoms with Gasteiger partial charge in [0, 0.05) is 38.3 Å². The Morgan fingerprint density at radius 2 is 1.74 bits per heavy atom. The van der Waals surface area contributed by atoms with Crippen LogP contribution in [0.2, 0.25) is 0 Å². The van der Waals surface area contributed by atoms with Crippen molar-refractivity contribution in [3.63, 3.8) is 0 Å². The summed E-state index contributed by atoms with van der Waals surface area (Å²) < 4.78 is 0. The molecule has 0 aliphatic carbocycles. The highest BCUT2D eigenvalue weighted by atomic mass is 15.2. The normalized spacial score (nSPS) is 11.2. The zero-order valence-electron chi connectivity index (χ0n) is 11.9. The number of anilines is 1. The van der Waals surface area contributed by atoms with Gasteiger partial charge in [0.1, 0.15) is 5.82 Å². The molecule has 2 N–H and O–H groups in total. The van der Waals surface area contributed by atoms with Crippen LogP contribution in [0.4, 0.5) is 5.82 Å². The van der Waals surface area contributed by atoms with Crippen molar-refractivity contribution in [2.24, 2.45) is 5.73 Å². The molecule has 0 saturated carbocycles. The largest absolute Gasteiger partial charge is 0.358 e. The number of benzene rings is 1. The molecule has 19 heavy (non-hydrogen) atoms. The third kappa shape index (κ3) is 3.03. The molecule has 0 fully saturated rings. The van der Waals surface area contributed by atoms with Gasteiger partial charge in [-0.3, -0.25) is 0 Å². The van der Waals surface area contributed by atoms with E-state index in [0.717, 1.165) is 24.5 Å². The zero-order valence-corrected chi connectivity index (χ0v) is 11.9. The standard InChI is InChI=1S/C15H22N4/c1-18(2)8-9-19(3)15-14-7-5-4-6-13(14)12(10-16)11-17-15/h4-7,11H,8-10,16H2,1-3H3. The Kier molecular flexibility index (Phi) is 4.35. The Hall–Kier alpha value is -1.65. The Balaban J connectivity index is 2.38. The van der Waals surface area contributed by atoms with Crippen LogP contribution in [0.15, 0.2) is 30.5 Å². The van der Waals surface area contributed by atoms with Crippen molar-refractivity contribution in [2.75, 3.05) is 39.1 Å². The van der Waals surface area contributed by atoms with E-state index in [0.29, 0.717) is 6.54 Å². The predicted octanol–water partition coefficient (Wildman–Crippen LogP) is 1.69. The maximum atomic E-state index is 5.78. The second-order valence-electron chi connectivity index (χ2n) is 5.08. The van der Waals surface area contributed by atoms with Crippen molar-refractivity contribution in [1.82, 2.24) is 9.88 Å². The summed E-state index contributed by atoms with van der Waals surface area (Å²) in [5.41, 5.74) is 6.88. The first kappa shape index (κ1) is 13.8. The summed E-state index contributed by atoms with van der Waals surface area (Å²) in [6, 6.07) is 8.32. The van der Waals surface area contributed by atoms with Gasteiger partial charge in [-0.2, -0.15) is 0 Å². The van der Waals surface area contributed by atoms with Crippen LogP contribution < -0.4 is 10.6 Å². The number of hydrogen-bond acceptors (Lipinski definition) is 4. The maximum absolute atomic E-state index is 5.78. The number of nitrogens with two attached hydrogens (primary N) is 1. The van der Waals surface area contributed by atoms with E-state index in [-0.39, 0.29) is 0 Å². The average molecular weight is 258 g/mol. The van der Waals surface area contributed by atoms with Crippen LogP contribution in [0.3, 0.4) is 0 Å². The third-order valence-corrected chi connectivity index (χ3v) is 3.32. The smallest absolute Gasteiger partial charge is 0.136 e. The van der Waals surface area contributed by atoms with Crippen LogP contribution in [0.25, 0.3) is 10.8 Å². The molecule has 102 valence electrons. The molecular weight excluding hydrogens is 236 g/mol. The molecule has 0 bridgehead atoms. The minimum atomic E-state index is 0.523. The highest BCUT2D eigenvalue weighted by Gasteiger charge is 2.10. The SMILES string of the molecule is CN(C)CCN(C)c1ncc(CN)c2ccccc12. The molecule has 1 aromatic carbocycles. The molecule has 0 spiro atoms. The molecule has 1 heterocycles. The van der Waals surface area contributed by atoms with E-state index in [1.54, 1.807) is 0 Å². The van der Waals surface area contributed by atoms with E-state index < -0.39 is 0 Å². The molecule has 2 aromatic rings. The van der Waals surface area contributed by atoms with E-state index in [1.807, 2.05) is 18.3 Å². The summed E-state index contributed by atoms with van der Waals surface area (Å²) in [6.07, 6.45) is 1.89. The summed E-state index contributed by atoms with van der Waals surface area (Å²) in [6.45, 7) is 2.48. The van der Waals surface area contributed by atoms with Gasteiger partial charge in [-0.15, -0.1) is 0 Å². The summed E-state index contributed by atoms with van der Waals surface area (Å²) in [5.74, 6) is 1.02. The first-order chi connectivity index (χ1) is 9.13. The average Bonchev–Trinajstić information content (AvgIpc) is 2.43. The lowest BCUT2D eigenvalue weighted by Gasteiger charge is -2.22. The second-order valence-corrected chi connectivity index (χ2v) is 5.08. The molecule has 0 aliphatic rings. The van der Waals surface area contributed by atoms with Gasteiger partial charge in [-0.05, 0) is 25.0 Å². The molecule has 0 saturated heterocycles. The number of pyridine rings is 1. The molecule has 4 heteroatoms. The number of likely N-dealkylation sites (N-methyl/N-ethyl adjacent to an activating group) is 2. The van der Waals surface area contributed by atoms with E-state index >= 15 is 0 Å². The monoisotopic (exact) mass is 258 g/mol. The summed E-state index contributed by atoms with van der Waals surface area (Å²) >= 11 is 0. The maximum Gasteiger partial charge on any atom is 0.136 e. The zero-order chi connectivity index (χ0) is 13.8. The minimum Gasteiger partial charge on any atom is -0.358 e. The highest BCUT2D eigenvalue weighted by Crippen LogP contribution is 2.26. The number of fused-ring (bicyclic) bond motifs is 1. The molecule has 0 amide bonds. The van der Waals surface area contributed by atoms with Crippen LogP contribution in [0.1, 0.15) is 5.56 Å². The number of nitrogens with zero attached hydrogens (tertiary/aromatic N) is 3. The van der Waals surface area contributed by atoms with E-state index in [9.17, 15) is 0 Å². The first-order valence-electron chi connectivity index (χ1n) is 6.56. The lowest BCUT2D eigenvalue weighted by molar-refractivity contribution is 0.416. The molecule has 1 aromatic heterocycles. The van der Waals surface area contributed by atoms with E-state index in [4.69, 9.17) is 5.73 Å². The van der Waals surface area contributed by atoms with E-state index in [2.05, 4.69) is 48.1 Å². The van der Waals surface area contributed by atoms with Gasteiger partial charge in [0.25, 0.3) is 0 Å². The molecule has 0 unspecified atom stereocenters. The number of aromatic nitrogens is 1. The summed E-state index contributed by atoms with van der Waals surface area (Å²) in [5, 5.41) is 2.37. The number of rotatable bonds is 5. The van der Waals surface area contributed by atoms with Crippen LogP contribution in [-0.4, -0.2) is 44.1 Å². The van der Waals surface area contributed by atoms with Gasteiger partial charge in [0.05, 0.1) is 0 Å². The molecule has 2 rings (SSSR count). The number of hydrogen-bond donors (Lipinski definition) is 1. The fourth-order valence-electron chi connectivity index (χ4n) is 2.16. The lowest BCUT2D eigenvalue weighted by atomic mass is 10.1. The van der Waals surface area contributed by atoms with E-state index in [1.165, 1.54) is 10.8 Å². The van der Waals surface area contributed by atoms with Gasteiger partial charge < -0.3 is 15.5 Å². The quantitative estimate of drug-likeness (QED) is 0.886. The molecule has 0 radical (unpaired) electrons. The van der Waals surface area contributed by atoms with Crippen molar-refractivity contribution in [1.29, 1.82) is 0 Å². The topological polar surface area (TPSA) is 45.4 Å². The van der Waals surface area contributed by atoms with Crippen molar-refractivity contribution in [3.8, 4) is 0 Å². The Morgan fingerprint density at radius 1 is 1.05 bits per heavy atom. The van der Waals surface area contributed by atoms with Gasteiger partial charge >= 0.3 is 0 Å². The van der Waals surface area contributed by atoms with Crippen molar-refractivity contribution in [3.05, 3.63) is 36.0 Å². The summed E-state index contributed by atoms with van der Waals surface area (Å²) in [4.78, 5) is 8.95. The van der Waals surface area contributed by atoms with Crippen LogP contribution in [0.5, 0.6) is 0 Å². The third-order valence-electron chi connectivity index (χ3n) is 3.32. The predicted molar refractivity (Wildman–Crippen MR) is 81.5 cm³/mol. The highest BCUT2D eigenvalue weighted by molar-refractivity contribution is 5.94. The second kappa shape index (κ2) is 5.99. The Bertz CT molecular complexity index is 551. The Morgan fingerprint density at radius 3 is 2.37 bits per heavy atom. The lowest BCUT2D eigenvalue weighted by Crippen LogP contribution is -2.29. The fraction of sp³-hybridized carbons (Fsp3) is 0.400. The van der Waals surface area contributed by atoms with Gasteiger partial charge in [-0.1, -0.05) is 24.3 Å². The molecular formula is C15H22N4. The first-order valence-corrected chi connectivity index (χ1v) is 6.56.